The smallest absolute Gasteiger partial charge is 0.195 e. The number of halogens is 1. The van der Waals surface area contributed by atoms with E-state index < -0.39 is 11.7 Å². The number of ketones is 1. The normalized spacial score (nSPS) is 9.31. The summed E-state index contributed by atoms with van der Waals surface area (Å²) >= 11 is 3.23. The Kier molecular flexibility index (Phi) is 4.04. The minimum atomic E-state index is -1.26. The van der Waals surface area contributed by atoms with Crippen molar-refractivity contribution in [1.29, 1.82) is 10.5 Å². The zero-order valence-corrected chi connectivity index (χ0v) is 9.98. The standard InChI is InChI=1S/C11H7BrN2O2/c1-16-10-3-2-7(4-9(10)12)11(15)8(5-13)6-14/h2-4,8H,1H3. The van der Waals surface area contributed by atoms with Crippen molar-refractivity contribution in [2.45, 2.75) is 0 Å². The van der Waals surface area contributed by atoms with E-state index in [0.29, 0.717) is 15.8 Å². The van der Waals surface area contributed by atoms with Crippen molar-refractivity contribution in [3.05, 3.63) is 28.2 Å². The molecule has 1 rings (SSSR count). The summed E-state index contributed by atoms with van der Waals surface area (Å²) in [6, 6.07) is 7.93. The zero-order chi connectivity index (χ0) is 12.1. The molecule has 5 heteroatoms. The molecule has 0 radical (unpaired) electrons. The minimum absolute atomic E-state index is 0.306. The molecule has 1 aromatic carbocycles. The number of benzene rings is 1. The predicted molar refractivity (Wildman–Crippen MR) is 59.7 cm³/mol. The largest absolute Gasteiger partial charge is 0.496 e. The minimum Gasteiger partial charge on any atom is -0.496 e. The van der Waals surface area contributed by atoms with Crippen LogP contribution in [0, 0.1) is 28.6 Å². The molecular weight excluding hydrogens is 272 g/mol. The SMILES string of the molecule is COc1ccc(C(=O)C(C#N)C#N)cc1Br. The van der Waals surface area contributed by atoms with E-state index in [9.17, 15) is 4.79 Å². The summed E-state index contributed by atoms with van der Waals surface area (Å²) in [6.45, 7) is 0. The van der Waals surface area contributed by atoms with E-state index in [1.807, 2.05) is 0 Å². The van der Waals surface area contributed by atoms with E-state index in [0.717, 1.165) is 0 Å². The second kappa shape index (κ2) is 5.29. The van der Waals surface area contributed by atoms with Crippen molar-refractivity contribution in [1.82, 2.24) is 0 Å². The van der Waals surface area contributed by atoms with Gasteiger partial charge in [-0.15, -0.1) is 0 Å². The van der Waals surface area contributed by atoms with Gasteiger partial charge in [0.1, 0.15) is 5.75 Å². The summed E-state index contributed by atoms with van der Waals surface area (Å²) in [5.74, 6) is -1.18. The van der Waals surface area contributed by atoms with Crippen LogP contribution in [0.4, 0.5) is 0 Å². The Balaban J connectivity index is 3.08. The fourth-order valence-electron chi connectivity index (χ4n) is 1.13. The fourth-order valence-corrected chi connectivity index (χ4v) is 1.67. The van der Waals surface area contributed by atoms with Gasteiger partial charge >= 0.3 is 0 Å². The molecule has 1 aromatic rings. The maximum atomic E-state index is 11.7. The number of hydrogen-bond donors (Lipinski definition) is 0. The molecule has 0 fully saturated rings. The van der Waals surface area contributed by atoms with Crippen molar-refractivity contribution < 1.29 is 9.53 Å². The number of methoxy groups -OCH3 is 1. The highest BCUT2D eigenvalue weighted by molar-refractivity contribution is 9.10. The lowest BCUT2D eigenvalue weighted by atomic mass is 10.0. The number of Topliss-reactive ketones (excluding diaryl/α,β-unsaturated/α-hetero) is 1. The Bertz CT molecular complexity index is 486. The van der Waals surface area contributed by atoms with E-state index in [1.165, 1.54) is 19.2 Å². The van der Waals surface area contributed by atoms with E-state index >= 15 is 0 Å². The number of carbonyl (C=O) groups excluding carboxylic acids is 1. The van der Waals surface area contributed by atoms with Crippen LogP contribution in [0.1, 0.15) is 10.4 Å². The molecule has 0 amide bonds. The molecule has 0 bridgehead atoms. The maximum absolute atomic E-state index is 11.7. The molecular formula is C11H7BrN2O2. The molecule has 0 aliphatic carbocycles. The van der Waals surface area contributed by atoms with Gasteiger partial charge in [0.25, 0.3) is 0 Å². The van der Waals surface area contributed by atoms with Crippen molar-refractivity contribution in [2.24, 2.45) is 5.92 Å². The lowest BCUT2D eigenvalue weighted by Crippen LogP contribution is -2.10. The molecule has 0 atom stereocenters. The highest BCUT2D eigenvalue weighted by atomic mass is 79.9. The molecule has 0 aliphatic heterocycles. The Morgan fingerprint density at radius 1 is 1.44 bits per heavy atom. The van der Waals surface area contributed by atoms with Crippen LogP contribution in [0.5, 0.6) is 5.75 Å². The average molecular weight is 279 g/mol. The quantitative estimate of drug-likeness (QED) is 0.796. The lowest BCUT2D eigenvalue weighted by molar-refractivity contribution is 0.0971. The van der Waals surface area contributed by atoms with Gasteiger partial charge in [0.2, 0.25) is 0 Å². The van der Waals surface area contributed by atoms with Crippen LogP contribution in [0.25, 0.3) is 0 Å². The van der Waals surface area contributed by atoms with Crippen molar-refractivity contribution in [2.75, 3.05) is 7.11 Å². The molecule has 4 nitrogen and oxygen atoms in total. The van der Waals surface area contributed by atoms with Crippen LogP contribution in [-0.4, -0.2) is 12.9 Å². The van der Waals surface area contributed by atoms with Crippen molar-refractivity contribution in [3.8, 4) is 17.9 Å². The van der Waals surface area contributed by atoms with Crippen molar-refractivity contribution >= 4 is 21.7 Å². The summed E-state index contributed by atoms with van der Waals surface area (Å²) in [4.78, 5) is 11.7. The zero-order valence-electron chi connectivity index (χ0n) is 8.40. The van der Waals surface area contributed by atoms with E-state index in [1.54, 1.807) is 18.2 Å². The van der Waals surface area contributed by atoms with E-state index in [2.05, 4.69) is 15.9 Å². The van der Waals surface area contributed by atoms with Gasteiger partial charge in [-0.05, 0) is 34.1 Å². The third-order valence-electron chi connectivity index (χ3n) is 1.96. The summed E-state index contributed by atoms with van der Waals surface area (Å²) in [7, 11) is 1.51. The van der Waals surface area contributed by atoms with Crippen LogP contribution in [0.15, 0.2) is 22.7 Å². The molecule has 80 valence electrons. The van der Waals surface area contributed by atoms with Gasteiger partial charge in [-0.1, -0.05) is 0 Å². The second-order valence-electron chi connectivity index (χ2n) is 2.90. The van der Waals surface area contributed by atoms with Crippen LogP contribution in [-0.2, 0) is 0 Å². The van der Waals surface area contributed by atoms with Crippen LogP contribution >= 0.6 is 15.9 Å². The average Bonchev–Trinajstić information content (AvgIpc) is 2.30. The first kappa shape index (κ1) is 12.2. The van der Waals surface area contributed by atoms with Gasteiger partial charge in [0.15, 0.2) is 11.7 Å². The molecule has 0 heterocycles. The highest BCUT2D eigenvalue weighted by Gasteiger charge is 2.19. The summed E-state index contributed by atoms with van der Waals surface area (Å²) < 4.78 is 5.61. The van der Waals surface area contributed by atoms with Crippen LogP contribution < -0.4 is 4.74 Å². The monoisotopic (exact) mass is 278 g/mol. The van der Waals surface area contributed by atoms with Gasteiger partial charge in [0, 0.05) is 5.56 Å². The molecule has 0 aliphatic rings. The van der Waals surface area contributed by atoms with Gasteiger partial charge in [-0.3, -0.25) is 4.79 Å². The van der Waals surface area contributed by atoms with Crippen molar-refractivity contribution in [3.63, 3.8) is 0 Å². The third kappa shape index (κ3) is 2.39. The van der Waals surface area contributed by atoms with Gasteiger partial charge in [-0.2, -0.15) is 10.5 Å². The van der Waals surface area contributed by atoms with Gasteiger partial charge < -0.3 is 4.74 Å². The molecule has 0 N–H and O–H groups in total. The first-order chi connectivity index (χ1) is 7.63. The number of rotatable bonds is 3. The van der Waals surface area contributed by atoms with Crippen LogP contribution in [0.3, 0.4) is 0 Å². The van der Waals surface area contributed by atoms with Gasteiger partial charge in [-0.25, -0.2) is 0 Å². The maximum Gasteiger partial charge on any atom is 0.195 e. The fraction of sp³-hybridized carbons (Fsp3) is 0.182. The molecule has 0 aromatic heterocycles. The predicted octanol–water partition coefficient (Wildman–Crippen LogP) is 2.30. The molecule has 0 spiro atoms. The third-order valence-corrected chi connectivity index (χ3v) is 2.58. The number of carbonyl (C=O) groups is 1. The van der Waals surface area contributed by atoms with E-state index in [4.69, 9.17) is 15.3 Å². The molecule has 16 heavy (non-hydrogen) atoms. The first-order valence-electron chi connectivity index (χ1n) is 4.31. The number of hydrogen-bond acceptors (Lipinski definition) is 4. The Morgan fingerprint density at radius 3 is 2.50 bits per heavy atom. The topological polar surface area (TPSA) is 73.9 Å². The number of ether oxygens (including phenoxy) is 1. The Morgan fingerprint density at radius 2 is 2.06 bits per heavy atom. The second-order valence-corrected chi connectivity index (χ2v) is 3.76. The number of nitriles is 2. The lowest BCUT2D eigenvalue weighted by Gasteiger charge is -2.05. The molecule has 0 saturated heterocycles. The summed E-state index contributed by atoms with van der Waals surface area (Å²) in [5.41, 5.74) is 0.306. The molecule has 0 unspecified atom stereocenters. The Hall–Kier alpha value is -1.85. The van der Waals surface area contributed by atoms with E-state index in [-0.39, 0.29) is 0 Å². The number of nitrogens with zero attached hydrogens (tertiary/aromatic N) is 2. The highest BCUT2D eigenvalue weighted by Crippen LogP contribution is 2.26. The van der Waals surface area contributed by atoms with Gasteiger partial charge in [0.05, 0.1) is 23.7 Å². The summed E-state index contributed by atoms with van der Waals surface area (Å²) in [5, 5.41) is 17.2. The Labute approximate surface area is 101 Å². The molecule has 0 saturated carbocycles. The summed E-state index contributed by atoms with van der Waals surface area (Å²) in [6.07, 6.45) is 0. The first-order valence-corrected chi connectivity index (χ1v) is 5.10. The van der Waals surface area contributed by atoms with Crippen LogP contribution in [0.2, 0.25) is 0 Å².